The van der Waals surface area contributed by atoms with Crippen LogP contribution < -0.4 is 5.32 Å². The number of hydrogen-bond acceptors (Lipinski definition) is 4. The number of benzene rings is 2. The van der Waals surface area contributed by atoms with Crippen LogP contribution in [0.5, 0.6) is 0 Å². The Morgan fingerprint density at radius 3 is 2.27 bits per heavy atom. The van der Waals surface area contributed by atoms with Crippen LogP contribution in [0.2, 0.25) is 5.02 Å². The summed E-state index contributed by atoms with van der Waals surface area (Å²) in [7, 11) is 3.42. The van der Waals surface area contributed by atoms with Gasteiger partial charge in [0.1, 0.15) is 0 Å². The molecule has 30 heavy (non-hydrogen) atoms. The molecule has 0 saturated heterocycles. The number of halogens is 1. The molecule has 2 amide bonds. The molecule has 1 heterocycles. The van der Waals surface area contributed by atoms with Gasteiger partial charge in [-0.25, -0.2) is 4.68 Å². The first kappa shape index (κ1) is 21.9. The molecule has 0 radical (unpaired) electrons. The van der Waals surface area contributed by atoms with Gasteiger partial charge in [-0.3, -0.25) is 9.59 Å². The van der Waals surface area contributed by atoms with Crippen LogP contribution in [-0.2, 0) is 0 Å². The maximum Gasteiger partial charge on any atom is 0.285 e. The second kappa shape index (κ2) is 9.36. The third-order valence-corrected chi connectivity index (χ3v) is 5.65. The van der Waals surface area contributed by atoms with Crippen LogP contribution in [0.1, 0.15) is 35.8 Å². The first-order chi connectivity index (χ1) is 14.3. The molecule has 0 aliphatic carbocycles. The second-order valence-electron chi connectivity index (χ2n) is 7.23. The van der Waals surface area contributed by atoms with E-state index in [2.05, 4.69) is 10.4 Å². The fraction of sp³-hybridized carbons (Fsp3) is 0.227. The predicted octanol–water partition coefficient (Wildman–Crippen LogP) is 5.68. The van der Waals surface area contributed by atoms with E-state index in [0.717, 1.165) is 28.0 Å². The Bertz CT molecular complexity index is 1040. The Balaban J connectivity index is 1.80. The van der Waals surface area contributed by atoms with E-state index in [-0.39, 0.29) is 17.1 Å². The number of nitrogens with one attached hydrogen (secondary N) is 1. The highest BCUT2D eigenvalue weighted by atomic mass is 35.5. The van der Waals surface area contributed by atoms with Crippen molar-refractivity contribution >= 4 is 40.2 Å². The summed E-state index contributed by atoms with van der Waals surface area (Å²) in [6.45, 7) is 4.04. The van der Waals surface area contributed by atoms with Crippen molar-refractivity contribution in [3.63, 3.8) is 0 Å². The molecule has 0 unspecified atom stereocenters. The summed E-state index contributed by atoms with van der Waals surface area (Å²) >= 11 is 7.12. The highest BCUT2D eigenvalue weighted by Gasteiger charge is 2.21. The molecule has 8 heteroatoms. The van der Waals surface area contributed by atoms with E-state index in [9.17, 15) is 9.59 Å². The SMILES string of the molecule is CC(C)c1c(C(=O)Nc2ccc(SC(=O)N(C)C)cc2)cnn1-c1ccc(Cl)cc1. The summed E-state index contributed by atoms with van der Waals surface area (Å²) < 4.78 is 1.77. The smallest absolute Gasteiger partial charge is 0.285 e. The van der Waals surface area contributed by atoms with E-state index in [1.54, 1.807) is 49.2 Å². The Morgan fingerprint density at radius 2 is 1.70 bits per heavy atom. The van der Waals surface area contributed by atoms with E-state index in [1.807, 2.05) is 38.1 Å². The van der Waals surface area contributed by atoms with Crippen molar-refractivity contribution < 1.29 is 9.59 Å². The van der Waals surface area contributed by atoms with Gasteiger partial charge in [0.2, 0.25) is 0 Å². The summed E-state index contributed by atoms with van der Waals surface area (Å²) in [5, 5.41) is 7.93. The topological polar surface area (TPSA) is 67.2 Å². The highest BCUT2D eigenvalue weighted by molar-refractivity contribution is 8.13. The second-order valence-corrected chi connectivity index (χ2v) is 8.69. The molecule has 3 aromatic rings. The Labute approximate surface area is 185 Å². The number of thioether (sulfide) groups is 1. The molecule has 0 aliphatic heterocycles. The number of hydrogen-bond donors (Lipinski definition) is 1. The molecular weight excluding hydrogens is 420 g/mol. The maximum absolute atomic E-state index is 12.9. The summed E-state index contributed by atoms with van der Waals surface area (Å²) in [6, 6.07) is 14.5. The first-order valence-electron chi connectivity index (χ1n) is 9.40. The standard InChI is InChI=1S/C22H23ClN4O2S/c1-14(2)20-19(13-24-27(20)17-9-5-15(23)6-10-17)21(28)25-16-7-11-18(12-8-16)30-22(29)26(3)4/h5-14H,1-4H3,(H,25,28). The number of aromatic nitrogens is 2. The molecule has 0 saturated carbocycles. The van der Waals surface area contributed by atoms with Crippen molar-refractivity contribution in [2.75, 3.05) is 19.4 Å². The Morgan fingerprint density at radius 1 is 1.07 bits per heavy atom. The number of carbonyl (C=O) groups excluding carboxylic acids is 2. The van der Waals surface area contributed by atoms with Crippen LogP contribution in [0.3, 0.4) is 0 Å². The molecule has 6 nitrogen and oxygen atoms in total. The third kappa shape index (κ3) is 5.04. The minimum atomic E-state index is -0.233. The molecule has 0 bridgehead atoms. The maximum atomic E-state index is 12.9. The molecule has 156 valence electrons. The van der Waals surface area contributed by atoms with Gasteiger partial charge >= 0.3 is 0 Å². The van der Waals surface area contributed by atoms with E-state index in [1.165, 1.54) is 4.90 Å². The highest BCUT2D eigenvalue weighted by Crippen LogP contribution is 2.26. The average Bonchev–Trinajstić information content (AvgIpc) is 3.15. The lowest BCUT2D eigenvalue weighted by Crippen LogP contribution is -2.16. The molecule has 0 fully saturated rings. The number of anilines is 1. The van der Waals surface area contributed by atoms with Crippen LogP contribution >= 0.6 is 23.4 Å². The van der Waals surface area contributed by atoms with Gasteiger partial charge in [-0.1, -0.05) is 25.4 Å². The molecule has 1 N–H and O–H groups in total. The van der Waals surface area contributed by atoms with Crippen molar-refractivity contribution in [2.24, 2.45) is 0 Å². The fourth-order valence-corrected chi connectivity index (χ4v) is 3.66. The van der Waals surface area contributed by atoms with Crippen molar-refractivity contribution in [2.45, 2.75) is 24.7 Å². The van der Waals surface area contributed by atoms with Crippen molar-refractivity contribution in [3.8, 4) is 5.69 Å². The minimum absolute atomic E-state index is 0.0528. The molecule has 1 aromatic heterocycles. The average molecular weight is 443 g/mol. The van der Waals surface area contributed by atoms with Crippen LogP contribution in [0.4, 0.5) is 10.5 Å². The number of carbonyl (C=O) groups is 2. The quantitative estimate of drug-likeness (QED) is 0.516. The van der Waals surface area contributed by atoms with E-state index < -0.39 is 0 Å². The molecule has 0 aliphatic rings. The Kier molecular flexibility index (Phi) is 6.84. The van der Waals surface area contributed by atoms with E-state index >= 15 is 0 Å². The monoisotopic (exact) mass is 442 g/mol. The first-order valence-corrected chi connectivity index (χ1v) is 10.6. The van der Waals surface area contributed by atoms with Gasteiger partial charge in [0.25, 0.3) is 11.1 Å². The normalized spacial score (nSPS) is 10.9. The largest absolute Gasteiger partial charge is 0.339 e. The van der Waals surface area contributed by atoms with Crippen LogP contribution in [-0.4, -0.2) is 39.9 Å². The zero-order valence-corrected chi connectivity index (χ0v) is 18.8. The summed E-state index contributed by atoms with van der Waals surface area (Å²) in [5.74, 6) is -0.150. The summed E-state index contributed by atoms with van der Waals surface area (Å²) in [6.07, 6.45) is 1.58. The van der Waals surface area contributed by atoms with Gasteiger partial charge in [0, 0.05) is 29.7 Å². The van der Waals surface area contributed by atoms with Crippen LogP contribution in [0, 0.1) is 0 Å². The van der Waals surface area contributed by atoms with E-state index in [4.69, 9.17) is 11.6 Å². The van der Waals surface area contributed by atoms with Gasteiger partial charge in [0.15, 0.2) is 0 Å². The van der Waals surface area contributed by atoms with Crippen LogP contribution in [0.15, 0.2) is 59.6 Å². The van der Waals surface area contributed by atoms with Crippen molar-refractivity contribution in [3.05, 3.63) is 71.0 Å². The fourth-order valence-electron chi connectivity index (χ4n) is 2.87. The van der Waals surface area contributed by atoms with Gasteiger partial charge in [-0.05, 0) is 66.2 Å². The predicted molar refractivity (Wildman–Crippen MR) is 122 cm³/mol. The molecule has 2 aromatic carbocycles. The minimum Gasteiger partial charge on any atom is -0.339 e. The summed E-state index contributed by atoms with van der Waals surface area (Å²) in [5.41, 5.74) is 2.82. The lowest BCUT2D eigenvalue weighted by Gasteiger charge is -2.13. The summed E-state index contributed by atoms with van der Waals surface area (Å²) in [4.78, 5) is 27.1. The van der Waals surface area contributed by atoms with E-state index in [0.29, 0.717) is 16.3 Å². The van der Waals surface area contributed by atoms with Gasteiger partial charge in [-0.15, -0.1) is 0 Å². The van der Waals surface area contributed by atoms with Gasteiger partial charge < -0.3 is 10.2 Å². The zero-order chi connectivity index (χ0) is 21.8. The molecule has 0 spiro atoms. The molecular formula is C22H23ClN4O2S. The number of amides is 2. The molecule has 3 rings (SSSR count). The lowest BCUT2D eigenvalue weighted by molar-refractivity contribution is 0.102. The van der Waals surface area contributed by atoms with Crippen LogP contribution in [0.25, 0.3) is 5.69 Å². The zero-order valence-electron chi connectivity index (χ0n) is 17.2. The third-order valence-electron chi connectivity index (χ3n) is 4.35. The number of nitrogens with zero attached hydrogens (tertiary/aromatic N) is 3. The van der Waals surface area contributed by atoms with Gasteiger partial charge in [0.05, 0.1) is 23.1 Å². The molecule has 0 atom stereocenters. The Hall–Kier alpha value is -2.77. The van der Waals surface area contributed by atoms with Crippen molar-refractivity contribution in [1.29, 1.82) is 0 Å². The van der Waals surface area contributed by atoms with Gasteiger partial charge in [-0.2, -0.15) is 5.10 Å². The van der Waals surface area contributed by atoms with Crippen molar-refractivity contribution in [1.82, 2.24) is 14.7 Å². The number of rotatable bonds is 5. The lowest BCUT2D eigenvalue weighted by atomic mass is 10.0.